The molecule has 90 valence electrons. The molecule has 17 heavy (non-hydrogen) atoms. The van der Waals surface area contributed by atoms with Crippen LogP contribution < -0.4 is 0 Å². The monoisotopic (exact) mass is 251 g/mol. The van der Waals surface area contributed by atoms with Crippen molar-refractivity contribution in [3.8, 4) is 10.6 Å². The lowest BCUT2D eigenvalue weighted by molar-refractivity contribution is 0.0701. The predicted molar refractivity (Wildman–Crippen MR) is 65.5 cm³/mol. The molecule has 0 saturated heterocycles. The van der Waals surface area contributed by atoms with Gasteiger partial charge in [0.2, 0.25) is 0 Å². The average molecular weight is 251 g/mol. The Morgan fingerprint density at radius 2 is 1.94 bits per heavy atom. The predicted octanol–water partition coefficient (Wildman–Crippen LogP) is 2.17. The van der Waals surface area contributed by atoms with Crippen LogP contribution in [0.15, 0.2) is 0 Å². The minimum absolute atomic E-state index is 0.294. The quantitative estimate of drug-likeness (QED) is 0.888. The number of carboxylic acid groups (broad SMARTS) is 1. The smallest absolute Gasteiger partial charge is 0.347 e. The fourth-order valence-electron chi connectivity index (χ4n) is 1.78. The SMILES string of the molecule is Cc1nc(-c2c(C)nn(C)c2C)sc1C(=O)O. The molecule has 0 amide bonds. The number of carbonyl (C=O) groups is 1. The molecule has 5 nitrogen and oxygen atoms in total. The molecule has 0 fully saturated rings. The molecule has 2 rings (SSSR count). The lowest BCUT2D eigenvalue weighted by Crippen LogP contribution is -1.94. The van der Waals surface area contributed by atoms with Crippen molar-refractivity contribution in [2.75, 3.05) is 0 Å². The summed E-state index contributed by atoms with van der Waals surface area (Å²) < 4.78 is 1.78. The number of aromatic nitrogens is 3. The first-order chi connectivity index (χ1) is 7.91. The van der Waals surface area contributed by atoms with Crippen LogP contribution in [0.4, 0.5) is 0 Å². The molecule has 0 aliphatic heterocycles. The summed E-state index contributed by atoms with van der Waals surface area (Å²) >= 11 is 1.20. The van der Waals surface area contributed by atoms with Crippen LogP contribution in [0.2, 0.25) is 0 Å². The van der Waals surface area contributed by atoms with Crippen LogP contribution in [0.3, 0.4) is 0 Å². The topological polar surface area (TPSA) is 68.0 Å². The molecule has 0 bridgehead atoms. The van der Waals surface area contributed by atoms with Crippen LogP contribution in [-0.4, -0.2) is 25.8 Å². The maximum absolute atomic E-state index is 11.0. The molecule has 0 spiro atoms. The van der Waals surface area contributed by atoms with Gasteiger partial charge in [0.05, 0.1) is 17.0 Å². The van der Waals surface area contributed by atoms with Gasteiger partial charge < -0.3 is 5.11 Å². The second-order valence-corrected chi connectivity index (χ2v) is 4.91. The molecular formula is C11H13N3O2S. The summed E-state index contributed by atoms with van der Waals surface area (Å²) in [6, 6.07) is 0. The first kappa shape index (κ1) is 11.8. The largest absolute Gasteiger partial charge is 0.477 e. The van der Waals surface area contributed by atoms with Crippen LogP contribution >= 0.6 is 11.3 Å². The standard InChI is InChI=1S/C11H13N3O2S/c1-5-8(7(3)14(4)13-5)10-12-6(2)9(17-10)11(15)16/h1-4H3,(H,15,16). The van der Waals surface area contributed by atoms with E-state index in [9.17, 15) is 4.79 Å². The van der Waals surface area contributed by atoms with Crippen molar-refractivity contribution >= 4 is 17.3 Å². The first-order valence-electron chi connectivity index (χ1n) is 5.13. The molecule has 0 aliphatic carbocycles. The fourth-order valence-corrected chi connectivity index (χ4v) is 2.84. The molecule has 0 saturated carbocycles. The summed E-state index contributed by atoms with van der Waals surface area (Å²) in [5.74, 6) is -0.926. The first-order valence-corrected chi connectivity index (χ1v) is 5.94. The lowest BCUT2D eigenvalue weighted by atomic mass is 10.2. The van der Waals surface area contributed by atoms with Crippen LogP contribution in [0.1, 0.15) is 26.8 Å². The van der Waals surface area contributed by atoms with Crippen LogP contribution in [0.5, 0.6) is 0 Å². The number of aromatic carboxylic acids is 1. The fraction of sp³-hybridized carbons (Fsp3) is 0.364. The minimum atomic E-state index is -0.926. The number of hydrogen-bond donors (Lipinski definition) is 1. The van der Waals surface area contributed by atoms with Gasteiger partial charge in [0.25, 0.3) is 0 Å². The van der Waals surface area contributed by atoms with Gasteiger partial charge in [0.1, 0.15) is 9.88 Å². The third-order valence-corrected chi connectivity index (χ3v) is 3.88. The molecule has 0 atom stereocenters. The normalized spacial score (nSPS) is 10.8. The van der Waals surface area contributed by atoms with E-state index in [1.54, 1.807) is 11.6 Å². The van der Waals surface area contributed by atoms with Crippen molar-refractivity contribution in [3.05, 3.63) is 22.0 Å². The van der Waals surface area contributed by atoms with Crippen LogP contribution in [0.25, 0.3) is 10.6 Å². The Morgan fingerprint density at radius 3 is 2.35 bits per heavy atom. The van der Waals surface area contributed by atoms with E-state index >= 15 is 0 Å². The molecule has 2 aromatic rings. The molecule has 0 aliphatic rings. The van der Waals surface area contributed by atoms with Gasteiger partial charge in [-0.1, -0.05) is 0 Å². The van der Waals surface area contributed by atoms with E-state index in [1.165, 1.54) is 11.3 Å². The zero-order valence-corrected chi connectivity index (χ0v) is 10.9. The Bertz CT molecular complexity index is 598. The molecule has 6 heteroatoms. The van der Waals surface area contributed by atoms with E-state index in [1.807, 2.05) is 20.9 Å². The van der Waals surface area contributed by atoms with Crippen molar-refractivity contribution in [2.45, 2.75) is 20.8 Å². The summed E-state index contributed by atoms with van der Waals surface area (Å²) in [4.78, 5) is 15.6. The maximum atomic E-state index is 11.0. The molecule has 2 aromatic heterocycles. The summed E-state index contributed by atoms with van der Waals surface area (Å²) in [6.45, 7) is 5.57. The summed E-state index contributed by atoms with van der Waals surface area (Å²) in [5.41, 5.74) is 3.36. The number of hydrogen-bond acceptors (Lipinski definition) is 4. The Balaban J connectivity index is 2.61. The number of aryl methyl sites for hydroxylation is 3. The third kappa shape index (κ3) is 1.84. The van der Waals surface area contributed by atoms with Gasteiger partial charge in [0.15, 0.2) is 0 Å². The van der Waals surface area contributed by atoms with E-state index in [2.05, 4.69) is 10.1 Å². The molecule has 1 N–H and O–H groups in total. The highest BCUT2D eigenvalue weighted by Gasteiger charge is 2.19. The van der Waals surface area contributed by atoms with Crippen molar-refractivity contribution in [1.82, 2.24) is 14.8 Å². The van der Waals surface area contributed by atoms with Crippen molar-refractivity contribution in [1.29, 1.82) is 0 Å². The van der Waals surface area contributed by atoms with Gasteiger partial charge in [-0.25, -0.2) is 9.78 Å². The third-order valence-electron chi connectivity index (χ3n) is 2.71. The Kier molecular flexibility index (Phi) is 2.74. The maximum Gasteiger partial charge on any atom is 0.347 e. The van der Waals surface area contributed by atoms with Gasteiger partial charge in [-0.2, -0.15) is 5.10 Å². The van der Waals surface area contributed by atoms with Crippen LogP contribution in [-0.2, 0) is 7.05 Å². The number of thiazole rings is 1. The Hall–Kier alpha value is -1.69. The molecule has 0 radical (unpaired) electrons. The van der Waals surface area contributed by atoms with Gasteiger partial charge >= 0.3 is 5.97 Å². The highest BCUT2D eigenvalue weighted by Crippen LogP contribution is 2.32. The summed E-state index contributed by atoms with van der Waals surface area (Å²) in [6.07, 6.45) is 0. The number of rotatable bonds is 2. The summed E-state index contributed by atoms with van der Waals surface area (Å²) in [7, 11) is 1.87. The van der Waals surface area contributed by atoms with E-state index in [4.69, 9.17) is 5.11 Å². The molecule has 0 unspecified atom stereocenters. The Morgan fingerprint density at radius 1 is 1.29 bits per heavy atom. The number of carboxylic acids is 1. The lowest BCUT2D eigenvalue weighted by Gasteiger charge is -1.96. The van der Waals surface area contributed by atoms with Crippen molar-refractivity contribution in [3.63, 3.8) is 0 Å². The average Bonchev–Trinajstić information content (AvgIpc) is 2.70. The van der Waals surface area contributed by atoms with Crippen molar-refractivity contribution < 1.29 is 9.90 Å². The second-order valence-electron chi connectivity index (χ2n) is 3.91. The number of nitrogens with zero attached hydrogens (tertiary/aromatic N) is 3. The van der Waals surface area contributed by atoms with E-state index in [0.29, 0.717) is 10.6 Å². The zero-order chi connectivity index (χ0) is 12.7. The van der Waals surface area contributed by atoms with Gasteiger partial charge in [0, 0.05) is 12.7 Å². The molecule has 0 aromatic carbocycles. The second kappa shape index (κ2) is 3.96. The van der Waals surface area contributed by atoms with Gasteiger partial charge in [-0.05, 0) is 20.8 Å². The summed E-state index contributed by atoms with van der Waals surface area (Å²) in [5, 5.41) is 14.1. The molecule has 2 heterocycles. The Labute approximate surface area is 103 Å². The van der Waals surface area contributed by atoms with E-state index in [0.717, 1.165) is 22.0 Å². The molecular weight excluding hydrogens is 238 g/mol. The van der Waals surface area contributed by atoms with Gasteiger partial charge in [-0.15, -0.1) is 11.3 Å². The zero-order valence-electron chi connectivity index (χ0n) is 10.1. The van der Waals surface area contributed by atoms with Crippen molar-refractivity contribution in [2.24, 2.45) is 7.05 Å². The minimum Gasteiger partial charge on any atom is -0.477 e. The van der Waals surface area contributed by atoms with Gasteiger partial charge in [-0.3, -0.25) is 4.68 Å². The van der Waals surface area contributed by atoms with E-state index < -0.39 is 5.97 Å². The van der Waals surface area contributed by atoms with E-state index in [-0.39, 0.29) is 0 Å². The highest BCUT2D eigenvalue weighted by molar-refractivity contribution is 7.17. The van der Waals surface area contributed by atoms with Crippen LogP contribution in [0, 0.1) is 20.8 Å². The highest BCUT2D eigenvalue weighted by atomic mass is 32.1.